The lowest BCUT2D eigenvalue weighted by molar-refractivity contribution is -0.114. The highest BCUT2D eigenvalue weighted by molar-refractivity contribution is 6.30. The predicted octanol–water partition coefficient (Wildman–Crippen LogP) is 4.44. The summed E-state index contributed by atoms with van der Waals surface area (Å²) < 4.78 is 6.45. The Morgan fingerprint density at radius 1 is 1.19 bits per heavy atom. The number of hydrogen-bond donors (Lipinski definition) is 1. The predicted molar refractivity (Wildman–Crippen MR) is 104 cm³/mol. The first kappa shape index (κ1) is 17.4. The molecule has 0 bridgehead atoms. The van der Waals surface area contributed by atoms with Crippen molar-refractivity contribution in [3.63, 3.8) is 0 Å². The second-order valence-electron chi connectivity index (χ2n) is 7.11. The fourth-order valence-corrected chi connectivity index (χ4v) is 4.30. The average Bonchev–Trinajstić information content (AvgIpc) is 3.22. The first-order valence-corrected chi connectivity index (χ1v) is 9.54. The molecule has 1 N–H and O–H groups in total. The maximum absolute atomic E-state index is 11.3. The molecule has 4 rings (SSSR count). The number of anilines is 1. The zero-order chi connectivity index (χ0) is 18.1. The number of amides is 1. The van der Waals surface area contributed by atoms with Crippen molar-refractivity contribution in [2.45, 2.75) is 38.3 Å². The van der Waals surface area contributed by atoms with E-state index in [9.17, 15) is 4.79 Å². The molecule has 0 spiro atoms. The van der Waals surface area contributed by atoms with Crippen LogP contribution in [-0.2, 0) is 11.2 Å². The molecule has 0 saturated carbocycles. The van der Waals surface area contributed by atoms with Crippen LogP contribution in [0, 0.1) is 0 Å². The van der Waals surface area contributed by atoms with Gasteiger partial charge in [-0.2, -0.15) is 0 Å². The van der Waals surface area contributed by atoms with Crippen LogP contribution in [0.1, 0.15) is 37.0 Å². The highest BCUT2D eigenvalue weighted by Gasteiger charge is 2.39. The second-order valence-corrected chi connectivity index (χ2v) is 7.54. The smallest absolute Gasteiger partial charge is 0.221 e. The minimum absolute atomic E-state index is 0.0204. The number of rotatable bonds is 4. The van der Waals surface area contributed by atoms with E-state index in [0.29, 0.717) is 6.04 Å². The standard InChI is InChI=1S/C21H23ClN2O2/c1-14(25)23-17-5-4-6-18(13-17)26-21-19-8-7-16(22)11-15(19)12-20(21)24-9-2-3-10-24/h4-8,11,13,20-21H,2-3,9-10,12H2,1H3,(H,23,25)/t20-,21-/m0/s1. The largest absolute Gasteiger partial charge is 0.484 e. The van der Waals surface area contributed by atoms with Crippen LogP contribution in [0.3, 0.4) is 0 Å². The Hall–Kier alpha value is -2.04. The highest BCUT2D eigenvalue weighted by Crippen LogP contribution is 2.40. The third kappa shape index (κ3) is 3.57. The molecule has 1 fully saturated rings. The first-order valence-electron chi connectivity index (χ1n) is 9.17. The van der Waals surface area contributed by atoms with Gasteiger partial charge in [-0.05, 0) is 67.7 Å². The Kier molecular flexibility index (Phi) is 4.88. The van der Waals surface area contributed by atoms with Gasteiger partial charge < -0.3 is 10.1 Å². The molecular formula is C21H23ClN2O2. The van der Waals surface area contributed by atoms with E-state index >= 15 is 0 Å². The van der Waals surface area contributed by atoms with Crippen LogP contribution in [0.4, 0.5) is 5.69 Å². The van der Waals surface area contributed by atoms with Gasteiger partial charge in [0.25, 0.3) is 0 Å². The normalized spacial score (nSPS) is 22.2. The van der Waals surface area contributed by atoms with Gasteiger partial charge in [0.15, 0.2) is 0 Å². The lowest BCUT2D eigenvalue weighted by Gasteiger charge is -2.30. The fourth-order valence-electron chi connectivity index (χ4n) is 4.10. The van der Waals surface area contributed by atoms with E-state index in [0.717, 1.165) is 36.0 Å². The zero-order valence-corrected chi connectivity index (χ0v) is 15.6. The summed E-state index contributed by atoms with van der Waals surface area (Å²) in [4.78, 5) is 13.9. The molecule has 1 saturated heterocycles. The van der Waals surface area contributed by atoms with Crippen LogP contribution in [0.2, 0.25) is 5.02 Å². The van der Waals surface area contributed by atoms with E-state index in [1.54, 1.807) is 0 Å². The third-order valence-corrected chi connectivity index (χ3v) is 5.45. The Morgan fingerprint density at radius 2 is 2.00 bits per heavy atom. The average molecular weight is 371 g/mol. The van der Waals surface area contributed by atoms with Crippen molar-refractivity contribution in [2.24, 2.45) is 0 Å². The molecule has 26 heavy (non-hydrogen) atoms. The van der Waals surface area contributed by atoms with E-state index in [-0.39, 0.29) is 12.0 Å². The lowest BCUT2D eigenvalue weighted by atomic mass is 10.1. The van der Waals surface area contributed by atoms with Gasteiger partial charge in [-0.25, -0.2) is 0 Å². The van der Waals surface area contributed by atoms with Crippen molar-refractivity contribution in [1.29, 1.82) is 0 Å². The van der Waals surface area contributed by atoms with Crippen molar-refractivity contribution >= 4 is 23.2 Å². The van der Waals surface area contributed by atoms with E-state index in [1.165, 1.54) is 30.9 Å². The molecule has 5 heteroatoms. The quantitative estimate of drug-likeness (QED) is 0.865. The van der Waals surface area contributed by atoms with Gasteiger partial charge >= 0.3 is 0 Å². The Bertz CT molecular complexity index is 817. The van der Waals surface area contributed by atoms with Crippen LogP contribution in [0.5, 0.6) is 5.75 Å². The minimum Gasteiger partial charge on any atom is -0.484 e. The minimum atomic E-state index is -0.0852. The molecule has 2 aliphatic rings. The summed E-state index contributed by atoms with van der Waals surface area (Å²) >= 11 is 6.21. The van der Waals surface area contributed by atoms with Crippen molar-refractivity contribution in [3.8, 4) is 5.75 Å². The van der Waals surface area contributed by atoms with Crippen LogP contribution in [-0.4, -0.2) is 29.9 Å². The summed E-state index contributed by atoms with van der Waals surface area (Å²) in [5, 5.41) is 3.59. The second kappa shape index (κ2) is 7.29. The van der Waals surface area contributed by atoms with Crippen molar-refractivity contribution in [2.75, 3.05) is 18.4 Å². The Labute approximate surface area is 159 Å². The first-order chi connectivity index (χ1) is 12.6. The zero-order valence-electron chi connectivity index (χ0n) is 14.9. The van der Waals surface area contributed by atoms with E-state index in [4.69, 9.17) is 16.3 Å². The van der Waals surface area contributed by atoms with Gasteiger partial charge in [-0.3, -0.25) is 9.69 Å². The molecule has 1 amide bonds. The van der Waals surface area contributed by atoms with Gasteiger partial charge in [0.1, 0.15) is 11.9 Å². The van der Waals surface area contributed by atoms with Gasteiger partial charge in [-0.1, -0.05) is 23.7 Å². The molecule has 2 atom stereocenters. The number of halogens is 1. The van der Waals surface area contributed by atoms with Crippen molar-refractivity contribution in [3.05, 3.63) is 58.6 Å². The Balaban J connectivity index is 1.62. The summed E-state index contributed by atoms with van der Waals surface area (Å²) in [5.41, 5.74) is 3.25. The molecule has 2 aromatic carbocycles. The molecule has 1 aliphatic carbocycles. The number of carbonyl (C=O) groups is 1. The summed E-state index contributed by atoms with van der Waals surface area (Å²) in [5.74, 6) is 0.686. The Morgan fingerprint density at radius 3 is 2.77 bits per heavy atom. The molecule has 2 aromatic rings. The van der Waals surface area contributed by atoms with E-state index in [1.807, 2.05) is 30.3 Å². The van der Waals surface area contributed by atoms with Gasteiger partial charge in [0.05, 0.1) is 6.04 Å². The maximum atomic E-state index is 11.3. The number of fused-ring (bicyclic) bond motifs is 1. The van der Waals surface area contributed by atoms with Crippen molar-refractivity contribution in [1.82, 2.24) is 4.90 Å². The van der Waals surface area contributed by atoms with E-state index < -0.39 is 0 Å². The van der Waals surface area contributed by atoms with Crippen LogP contribution in [0.25, 0.3) is 0 Å². The number of likely N-dealkylation sites (tertiary alicyclic amines) is 1. The monoisotopic (exact) mass is 370 g/mol. The van der Waals surface area contributed by atoms with Crippen molar-refractivity contribution < 1.29 is 9.53 Å². The number of benzene rings is 2. The molecule has 4 nitrogen and oxygen atoms in total. The van der Waals surface area contributed by atoms with E-state index in [2.05, 4.69) is 22.3 Å². The molecule has 0 radical (unpaired) electrons. The van der Waals surface area contributed by atoms with Crippen LogP contribution < -0.4 is 10.1 Å². The molecular weight excluding hydrogens is 348 g/mol. The molecule has 0 unspecified atom stereocenters. The summed E-state index contributed by atoms with van der Waals surface area (Å²) in [6.45, 7) is 3.75. The summed E-state index contributed by atoms with van der Waals surface area (Å²) in [7, 11) is 0. The third-order valence-electron chi connectivity index (χ3n) is 5.22. The number of nitrogens with zero attached hydrogens (tertiary/aromatic N) is 1. The molecule has 1 aliphatic heterocycles. The number of ether oxygens (including phenoxy) is 1. The number of nitrogens with one attached hydrogen (secondary N) is 1. The summed E-state index contributed by atoms with van der Waals surface area (Å²) in [6, 6.07) is 14.0. The molecule has 136 valence electrons. The van der Waals surface area contributed by atoms with Crippen LogP contribution >= 0.6 is 11.6 Å². The SMILES string of the molecule is CC(=O)Nc1cccc(O[C@H]2c3ccc(Cl)cc3C[C@@H]2N2CCCC2)c1. The topological polar surface area (TPSA) is 41.6 Å². The van der Waals surface area contributed by atoms with Gasteiger partial charge in [0, 0.05) is 23.7 Å². The fraction of sp³-hybridized carbons (Fsp3) is 0.381. The van der Waals surface area contributed by atoms with Gasteiger partial charge in [0.2, 0.25) is 5.91 Å². The number of hydrogen-bond acceptors (Lipinski definition) is 3. The highest BCUT2D eigenvalue weighted by atomic mass is 35.5. The summed E-state index contributed by atoms with van der Waals surface area (Å²) in [6.07, 6.45) is 3.44. The number of carbonyl (C=O) groups excluding carboxylic acids is 1. The van der Waals surface area contributed by atoms with Crippen LogP contribution in [0.15, 0.2) is 42.5 Å². The van der Waals surface area contributed by atoms with Gasteiger partial charge in [-0.15, -0.1) is 0 Å². The molecule has 0 aromatic heterocycles. The maximum Gasteiger partial charge on any atom is 0.221 e. The lowest BCUT2D eigenvalue weighted by Crippen LogP contribution is -2.38. The molecule has 1 heterocycles.